The van der Waals surface area contributed by atoms with Gasteiger partial charge in [-0.1, -0.05) is 0 Å². The van der Waals surface area contributed by atoms with Crippen LogP contribution in [0, 0.1) is 0 Å². The molecule has 0 saturated carbocycles. The number of rotatable bonds is 2. The summed E-state index contributed by atoms with van der Waals surface area (Å²) in [5.74, 6) is -0.276. The molecule has 0 atom stereocenters. The molecular formula is C10H13N3O2. The van der Waals surface area contributed by atoms with E-state index in [9.17, 15) is 4.79 Å². The molecule has 15 heavy (non-hydrogen) atoms. The van der Waals surface area contributed by atoms with Gasteiger partial charge < -0.3 is 9.30 Å². The summed E-state index contributed by atoms with van der Waals surface area (Å²) in [6, 6.07) is 1.85. The van der Waals surface area contributed by atoms with Gasteiger partial charge in [-0.15, -0.1) is 0 Å². The summed E-state index contributed by atoms with van der Waals surface area (Å²) in [5.41, 5.74) is 0.143. The van der Waals surface area contributed by atoms with E-state index in [0.717, 1.165) is 5.65 Å². The highest BCUT2D eigenvalue weighted by Gasteiger charge is 2.31. The third-order valence-electron chi connectivity index (χ3n) is 2.54. The third-order valence-corrected chi connectivity index (χ3v) is 2.54. The number of hydrogen-bond donors (Lipinski definition) is 0. The molecule has 0 aliphatic rings. The maximum Gasteiger partial charge on any atom is 0.331 e. The van der Waals surface area contributed by atoms with Gasteiger partial charge in [-0.2, -0.15) is 5.10 Å². The first-order valence-corrected chi connectivity index (χ1v) is 4.67. The van der Waals surface area contributed by atoms with Crippen molar-refractivity contribution in [2.24, 2.45) is 0 Å². The number of hydrogen-bond acceptors (Lipinski definition) is 3. The minimum atomic E-state index is -0.723. The first-order valence-electron chi connectivity index (χ1n) is 4.67. The van der Waals surface area contributed by atoms with Crippen LogP contribution in [-0.4, -0.2) is 27.3 Å². The van der Waals surface area contributed by atoms with E-state index in [1.165, 1.54) is 7.11 Å². The summed E-state index contributed by atoms with van der Waals surface area (Å²) in [7, 11) is 1.39. The lowest BCUT2D eigenvalue weighted by Gasteiger charge is -2.23. The number of carbonyl (C=O) groups excluding carboxylic acids is 1. The summed E-state index contributed by atoms with van der Waals surface area (Å²) < 4.78 is 8.33. The first kappa shape index (κ1) is 9.76. The molecule has 5 nitrogen and oxygen atoms in total. The minimum absolute atomic E-state index is 0.276. The predicted molar refractivity (Wildman–Crippen MR) is 54.5 cm³/mol. The van der Waals surface area contributed by atoms with Crippen LogP contribution in [0.4, 0.5) is 0 Å². The standard InChI is InChI=1S/C10H13N3O2/c1-10(2,9(14)15-3)12-6-7-13-8(12)4-5-11-13/h4-7H,1-3H3. The van der Waals surface area contributed by atoms with Crippen molar-refractivity contribution in [3.63, 3.8) is 0 Å². The molecule has 0 saturated heterocycles. The van der Waals surface area contributed by atoms with E-state index in [1.807, 2.05) is 30.7 Å². The van der Waals surface area contributed by atoms with Crippen LogP contribution in [0.3, 0.4) is 0 Å². The molecule has 2 rings (SSSR count). The SMILES string of the molecule is COC(=O)C(C)(C)n1ccn2nccc12. The molecule has 0 unspecified atom stereocenters. The lowest BCUT2D eigenvalue weighted by Crippen LogP contribution is -2.36. The highest BCUT2D eigenvalue weighted by molar-refractivity contribution is 5.78. The van der Waals surface area contributed by atoms with Crippen molar-refractivity contribution in [1.82, 2.24) is 14.2 Å². The number of nitrogens with zero attached hydrogens (tertiary/aromatic N) is 3. The largest absolute Gasteiger partial charge is 0.467 e. The summed E-state index contributed by atoms with van der Waals surface area (Å²) in [6.07, 6.45) is 5.32. The highest BCUT2D eigenvalue weighted by Crippen LogP contribution is 2.20. The van der Waals surface area contributed by atoms with E-state index in [2.05, 4.69) is 5.10 Å². The molecule has 0 N–H and O–H groups in total. The Morgan fingerprint density at radius 2 is 2.20 bits per heavy atom. The zero-order valence-electron chi connectivity index (χ0n) is 8.97. The monoisotopic (exact) mass is 207 g/mol. The van der Waals surface area contributed by atoms with Crippen molar-refractivity contribution in [3.05, 3.63) is 24.7 Å². The number of methoxy groups -OCH3 is 1. The zero-order chi connectivity index (χ0) is 11.1. The van der Waals surface area contributed by atoms with E-state index in [-0.39, 0.29) is 5.97 Å². The topological polar surface area (TPSA) is 48.5 Å². The zero-order valence-corrected chi connectivity index (χ0v) is 8.97. The van der Waals surface area contributed by atoms with Crippen LogP contribution < -0.4 is 0 Å². The number of esters is 1. The molecule has 2 aromatic rings. The third kappa shape index (κ3) is 1.31. The molecule has 5 heteroatoms. The van der Waals surface area contributed by atoms with Crippen LogP contribution >= 0.6 is 0 Å². The van der Waals surface area contributed by atoms with Crippen molar-refractivity contribution >= 4 is 11.6 Å². The first-order chi connectivity index (χ1) is 7.07. The summed E-state index contributed by atoms with van der Waals surface area (Å²) in [5, 5.41) is 4.08. The maximum absolute atomic E-state index is 11.6. The van der Waals surface area contributed by atoms with E-state index >= 15 is 0 Å². The number of fused-ring (bicyclic) bond motifs is 1. The van der Waals surface area contributed by atoms with Crippen molar-refractivity contribution < 1.29 is 9.53 Å². The molecule has 0 amide bonds. The molecule has 0 aromatic carbocycles. The van der Waals surface area contributed by atoms with Gasteiger partial charge in [-0.3, -0.25) is 0 Å². The predicted octanol–water partition coefficient (Wildman–Crippen LogP) is 1.04. The van der Waals surface area contributed by atoms with E-state index < -0.39 is 5.54 Å². The average molecular weight is 207 g/mol. The van der Waals surface area contributed by atoms with Crippen LogP contribution in [-0.2, 0) is 15.1 Å². The number of carbonyl (C=O) groups is 1. The number of imidazole rings is 1. The second kappa shape index (κ2) is 3.12. The Hall–Kier alpha value is -1.78. The van der Waals surface area contributed by atoms with Gasteiger partial charge in [-0.25, -0.2) is 9.31 Å². The fourth-order valence-corrected chi connectivity index (χ4v) is 1.64. The number of ether oxygens (including phenoxy) is 1. The molecule has 0 bridgehead atoms. The van der Waals surface area contributed by atoms with Crippen LogP contribution in [0.5, 0.6) is 0 Å². The van der Waals surface area contributed by atoms with Gasteiger partial charge >= 0.3 is 5.97 Å². The quantitative estimate of drug-likeness (QED) is 0.691. The highest BCUT2D eigenvalue weighted by atomic mass is 16.5. The molecule has 80 valence electrons. The molecule has 2 aromatic heterocycles. The van der Waals surface area contributed by atoms with Crippen molar-refractivity contribution in [1.29, 1.82) is 0 Å². The van der Waals surface area contributed by atoms with Gasteiger partial charge in [0.1, 0.15) is 11.2 Å². The fraction of sp³-hybridized carbons (Fsp3) is 0.400. The maximum atomic E-state index is 11.6. The van der Waals surface area contributed by atoms with Crippen LogP contribution in [0.2, 0.25) is 0 Å². The smallest absolute Gasteiger partial charge is 0.331 e. The van der Waals surface area contributed by atoms with E-state index in [0.29, 0.717) is 0 Å². The molecule has 0 fully saturated rings. The Morgan fingerprint density at radius 1 is 1.47 bits per heavy atom. The molecule has 0 radical (unpaired) electrons. The second-order valence-corrected chi connectivity index (χ2v) is 3.85. The number of aromatic nitrogens is 3. The van der Waals surface area contributed by atoms with Crippen LogP contribution in [0.1, 0.15) is 13.8 Å². The summed E-state index contributed by atoms with van der Waals surface area (Å²) >= 11 is 0. The van der Waals surface area contributed by atoms with Gasteiger partial charge in [0.15, 0.2) is 0 Å². The van der Waals surface area contributed by atoms with Gasteiger partial charge in [0.25, 0.3) is 0 Å². The molecule has 0 spiro atoms. The summed E-state index contributed by atoms with van der Waals surface area (Å²) in [6.45, 7) is 3.62. The Bertz CT molecular complexity index is 495. The van der Waals surface area contributed by atoms with Crippen molar-refractivity contribution in [3.8, 4) is 0 Å². The van der Waals surface area contributed by atoms with E-state index in [4.69, 9.17) is 4.74 Å². The van der Waals surface area contributed by atoms with E-state index in [1.54, 1.807) is 16.9 Å². The molecular weight excluding hydrogens is 194 g/mol. The molecule has 2 heterocycles. The van der Waals surface area contributed by atoms with Gasteiger partial charge in [0.05, 0.1) is 13.3 Å². The van der Waals surface area contributed by atoms with Gasteiger partial charge in [0.2, 0.25) is 0 Å². The lowest BCUT2D eigenvalue weighted by molar-refractivity contribution is -0.149. The Balaban J connectivity index is 2.55. The summed E-state index contributed by atoms with van der Waals surface area (Å²) in [4.78, 5) is 11.6. The second-order valence-electron chi connectivity index (χ2n) is 3.85. The van der Waals surface area contributed by atoms with Crippen LogP contribution in [0.25, 0.3) is 5.65 Å². The Labute approximate surface area is 87.3 Å². The Morgan fingerprint density at radius 3 is 2.87 bits per heavy atom. The van der Waals surface area contributed by atoms with Crippen molar-refractivity contribution in [2.45, 2.75) is 19.4 Å². The van der Waals surface area contributed by atoms with Gasteiger partial charge in [-0.05, 0) is 13.8 Å². The minimum Gasteiger partial charge on any atom is -0.467 e. The lowest BCUT2D eigenvalue weighted by atomic mass is 10.1. The van der Waals surface area contributed by atoms with Crippen LogP contribution in [0.15, 0.2) is 24.7 Å². The Kier molecular flexibility index (Phi) is 2.03. The molecule has 0 aliphatic carbocycles. The van der Waals surface area contributed by atoms with Gasteiger partial charge in [0, 0.05) is 18.5 Å². The normalized spacial score (nSPS) is 11.9. The fourth-order valence-electron chi connectivity index (χ4n) is 1.64. The average Bonchev–Trinajstić information content (AvgIpc) is 2.76. The van der Waals surface area contributed by atoms with Crippen molar-refractivity contribution in [2.75, 3.05) is 7.11 Å². The molecule has 0 aliphatic heterocycles.